The normalized spacial score (nSPS) is 10.4. The van der Waals surface area contributed by atoms with Crippen LogP contribution >= 0.6 is 0 Å². The van der Waals surface area contributed by atoms with Gasteiger partial charge in [-0.2, -0.15) is 4.98 Å². The summed E-state index contributed by atoms with van der Waals surface area (Å²) in [7, 11) is 1.63. The van der Waals surface area contributed by atoms with Crippen LogP contribution in [0.25, 0.3) is 0 Å². The van der Waals surface area contributed by atoms with Crippen LogP contribution in [-0.4, -0.2) is 30.3 Å². The van der Waals surface area contributed by atoms with Gasteiger partial charge in [0.25, 0.3) is 0 Å². The lowest BCUT2D eigenvalue weighted by Crippen LogP contribution is -2.15. The molecule has 0 radical (unpaired) electrons. The Hall–Kier alpha value is -1.40. The van der Waals surface area contributed by atoms with Crippen LogP contribution < -0.4 is 16.0 Å². The number of nitrogen functional groups attached to an aromatic ring is 1. The highest BCUT2D eigenvalue weighted by Crippen LogP contribution is 2.21. The summed E-state index contributed by atoms with van der Waals surface area (Å²) in [5, 5.41) is 0. The lowest BCUT2D eigenvalue weighted by atomic mass is 10.3. The van der Waals surface area contributed by atoms with Gasteiger partial charge in [0.05, 0.1) is 12.2 Å². The molecule has 0 unspecified atom stereocenters. The molecule has 0 saturated carbocycles. The van der Waals surface area contributed by atoms with Crippen LogP contribution in [0.2, 0.25) is 0 Å². The Bertz CT molecular complexity index is 358. The summed E-state index contributed by atoms with van der Waals surface area (Å²) in [5.74, 6) is 7.32. The quantitative estimate of drug-likeness (QED) is 0.421. The van der Waals surface area contributed by atoms with E-state index in [0.29, 0.717) is 24.9 Å². The first-order valence-electron chi connectivity index (χ1n) is 5.68. The summed E-state index contributed by atoms with van der Waals surface area (Å²) in [6, 6.07) is 0. The number of hydrogen-bond acceptors (Lipinski definition) is 6. The first kappa shape index (κ1) is 13.7. The number of anilines is 1. The molecule has 6 heteroatoms. The van der Waals surface area contributed by atoms with Gasteiger partial charge in [-0.3, -0.25) is 0 Å². The van der Waals surface area contributed by atoms with E-state index in [9.17, 15) is 0 Å². The van der Waals surface area contributed by atoms with Gasteiger partial charge in [-0.1, -0.05) is 6.92 Å². The van der Waals surface area contributed by atoms with Gasteiger partial charge in [-0.15, -0.1) is 0 Å². The standard InChI is InChI=1S/C11H20N4O2/c1-4-5-9-13-10(15-12)8(2)11(14-9)17-7-6-16-3/h4-7,12H2,1-3H3,(H,13,14,15). The van der Waals surface area contributed by atoms with Gasteiger partial charge in [0, 0.05) is 13.5 Å². The highest BCUT2D eigenvalue weighted by atomic mass is 16.5. The van der Waals surface area contributed by atoms with E-state index < -0.39 is 0 Å². The Labute approximate surface area is 102 Å². The average Bonchev–Trinajstić information content (AvgIpc) is 2.33. The van der Waals surface area contributed by atoms with Gasteiger partial charge in [-0.25, -0.2) is 10.8 Å². The van der Waals surface area contributed by atoms with Gasteiger partial charge < -0.3 is 14.9 Å². The predicted molar refractivity (Wildman–Crippen MR) is 65.9 cm³/mol. The largest absolute Gasteiger partial charge is 0.475 e. The van der Waals surface area contributed by atoms with E-state index in [1.54, 1.807) is 7.11 Å². The monoisotopic (exact) mass is 240 g/mol. The Morgan fingerprint density at radius 1 is 1.29 bits per heavy atom. The summed E-state index contributed by atoms with van der Waals surface area (Å²) in [6.07, 6.45) is 1.78. The Kier molecular flexibility index (Phi) is 5.65. The Morgan fingerprint density at radius 2 is 2.06 bits per heavy atom. The molecule has 0 atom stereocenters. The minimum Gasteiger partial charge on any atom is -0.475 e. The van der Waals surface area contributed by atoms with E-state index in [4.69, 9.17) is 15.3 Å². The second kappa shape index (κ2) is 7.03. The second-order valence-electron chi connectivity index (χ2n) is 3.65. The number of aryl methyl sites for hydroxylation is 1. The van der Waals surface area contributed by atoms with Crippen LogP contribution in [0.4, 0.5) is 5.82 Å². The molecule has 0 spiro atoms. The fraction of sp³-hybridized carbons (Fsp3) is 0.636. The van der Waals surface area contributed by atoms with Gasteiger partial charge in [0.15, 0.2) is 0 Å². The van der Waals surface area contributed by atoms with Crippen molar-refractivity contribution in [1.82, 2.24) is 9.97 Å². The topological polar surface area (TPSA) is 82.3 Å². The molecule has 0 aliphatic rings. The van der Waals surface area contributed by atoms with Crippen LogP contribution in [0.3, 0.4) is 0 Å². The molecule has 1 aromatic rings. The predicted octanol–water partition coefficient (Wildman–Crippen LogP) is 1.05. The molecule has 3 N–H and O–H groups in total. The third kappa shape index (κ3) is 3.83. The molecule has 1 aromatic heterocycles. The van der Waals surface area contributed by atoms with Crippen molar-refractivity contribution in [3.8, 4) is 5.88 Å². The maximum Gasteiger partial charge on any atom is 0.221 e. The summed E-state index contributed by atoms with van der Waals surface area (Å²) in [4.78, 5) is 8.67. The number of nitrogens with two attached hydrogens (primary N) is 1. The van der Waals surface area contributed by atoms with E-state index in [1.165, 1.54) is 0 Å². The molecule has 0 amide bonds. The molecule has 1 rings (SSSR count). The number of rotatable bonds is 7. The van der Waals surface area contributed by atoms with Crippen molar-refractivity contribution < 1.29 is 9.47 Å². The first-order chi connectivity index (χ1) is 8.22. The molecule has 0 aliphatic heterocycles. The minimum absolute atomic E-state index is 0.462. The highest BCUT2D eigenvalue weighted by molar-refractivity contribution is 5.47. The van der Waals surface area contributed by atoms with E-state index in [1.807, 2.05) is 6.92 Å². The molecule has 0 fully saturated rings. The lowest BCUT2D eigenvalue weighted by molar-refractivity contribution is 0.143. The maximum absolute atomic E-state index is 5.54. The molecular formula is C11H20N4O2. The zero-order valence-electron chi connectivity index (χ0n) is 10.6. The maximum atomic E-state index is 5.54. The minimum atomic E-state index is 0.462. The number of nitrogens with zero attached hydrogens (tertiary/aromatic N) is 2. The molecule has 96 valence electrons. The van der Waals surface area contributed by atoms with Gasteiger partial charge in [-0.05, 0) is 13.3 Å². The zero-order chi connectivity index (χ0) is 12.7. The smallest absolute Gasteiger partial charge is 0.221 e. The van der Waals surface area contributed by atoms with Crippen molar-refractivity contribution in [3.05, 3.63) is 11.4 Å². The highest BCUT2D eigenvalue weighted by Gasteiger charge is 2.10. The van der Waals surface area contributed by atoms with Crippen molar-refractivity contribution in [2.24, 2.45) is 5.84 Å². The fourth-order valence-corrected chi connectivity index (χ4v) is 1.38. The molecule has 0 aromatic carbocycles. The molecule has 0 saturated heterocycles. The summed E-state index contributed by atoms with van der Waals surface area (Å²) in [6.45, 7) is 4.93. The summed E-state index contributed by atoms with van der Waals surface area (Å²) >= 11 is 0. The van der Waals surface area contributed by atoms with E-state index in [0.717, 1.165) is 24.2 Å². The van der Waals surface area contributed by atoms with Crippen molar-refractivity contribution in [2.45, 2.75) is 26.7 Å². The van der Waals surface area contributed by atoms with Crippen LogP contribution in [0.15, 0.2) is 0 Å². The molecule has 0 bridgehead atoms. The van der Waals surface area contributed by atoms with Crippen LogP contribution in [0, 0.1) is 6.92 Å². The third-order valence-electron chi connectivity index (χ3n) is 2.28. The van der Waals surface area contributed by atoms with Crippen molar-refractivity contribution in [1.29, 1.82) is 0 Å². The van der Waals surface area contributed by atoms with Crippen LogP contribution in [0.5, 0.6) is 5.88 Å². The number of hydrazine groups is 1. The second-order valence-corrected chi connectivity index (χ2v) is 3.65. The number of ether oxygens (including phenoxy) is 2. The Balaban J connectivity index is 2.88. The molecule has 6 nitrogen and oxygen atoms in total. The zero-order valence-corrected chi connectivity index (χ0v) is 10.6. The van der Waals surface area contributed by atoms with Gasteiger partial charge in [0.1, 0.15) is 18.2 Å². The average molecular weight is 240 g/mol. The number of nitrogens with one attached hydrogen (secondary N) is 1. The summed E-state index contributed by atoms with van der Waals surface area (Å²) in [5.41, 5.74) is 3.37. The van der Waals surface area contributed by atoms with Crippen molar-refractivity contribution >= 4 is 5.82 Å². The van der Waals surface area contributed by atoms with E-state index >= 15 is 0 Å². The fourth-order valence-electron chi connectivity index (χ4n) is 1.38. The summed E-state index contributed by atoms with van der Waals surface area (Å²) < 4.78 is 10.5. The number of methoxy groups -OCH3 is 1. The number of hydrogen-bond donors (Lipinski definition) is 2. The van der Waals surface area contributed by atoms with Crippen molar-refractivity contribution in [3.63, 3.8) is 0 Å². The van der Waals surface area contributed by atoms with Gasteiger partial charge in [0.2, 0.25) is 5.88 Å². The Morgan fingerprint density at radius 3 is 2.65 bits per heavy atom. The molecular weight excluding hydrogens is 220 g/mol. The number of aromatic nitrogens is 2. The van der Waals surface area contributed by atoms with Gasteiger partial charge >= 0.3 is 0 Å². The SMILES string of the molecule is CCCc1nc(NN)c(C)c(OCCOC)n1. The first-order valence-corrected chi connectivity index (χ1v) is 5.68. The van der Waals surface area contributed by atoms with Crippen molar-refractivity contribution in [2.75, 3.05) is 25.7 Å². The molecule has 1 heterocycles. The molecule has 0 aliphatic carbocycles. The van der Waals surface area contributed by atoms with E-state index in [2.05, 4.69) is 22.3 Å². The lowest BCUT2D eigenvalue weighted by Gasteiger charge is -2.12. The van der Waals surface area contributed by atoms with Crippen LogP contribution in [-0.2, 0) is 11.2 Å². The van der Waals surface area contributed by atoms with Crippen LogP contribution in [0.1, 0.15) is 24.7 Å². The van der Waals surface area contributed by atoms with E-state index in [-0.39, 0.29) is 0 Å². The third-order valence-corrected chi connectivity index (χ3v) is 2.28. The molecule has 17 heavy (non-hydrogen) atoms.